The van der Waals surface area contributed by atoms with Gasteiger partial charge in [0.25, 0.3) is 0 Å². The van der Waals surface area contributed by atoms with Gasteiger partial charge in [0.1, 0.15) is 0 Å². The fourth-order valence-corrected chi connectivity index (χ4v) is 0.767. The molecule has 0 aromatic rings. The highest BCUT2D eigenvalue weighted by atomic mass is 13.7. The van der Waals surface area contributed by atoms with Crippen LogP contribution in [0.5, 0.6) is 0 Å². The Hall–Kier alpha value is -1.82. The second-order valence-electron chi connectivity index (χ2n) is 2.69. The Kier molecular flexibility index (Phi) is 10.7. The van der Waals surface area contributed by atoms with Crippen molar-refractivity contribution >= 4 is 0 Å². The van der Waals surface area contributed by atoms with E-state index >= 15 is 0 Å². The van der Waals surface area contributed by atoms with Gasteiger partial charge in [0, 0.05) is 0 Å². The van der Waals surface area contributed by atoms with Crippen LogP contribution in [-0.4, -0.2) is 0 Å². The molecule has 0 spiro atoms. The van der Waals surface area contributed by atoms with E-state index in [1.165, 1.54) is 0 Å². The van der Waals surface area contributed by atoms with Gasteiger partial charge in [-0.1, -0.05) is 85.6 Å². The van der Waals surface area contributed by atoms with E-state index in [1.807, 2.05) is 79.8 Å². The first-order chi connectivity index (χ1) is 7.41. The molecule has 0 heterocycles. The largest absolute Gasteiger partial charge is 0.0991 e. The van der Waals surface area contributed by atoms with Gasteiger partial charge >= 0.3 is 0 Å². The van der Waals surface area contributed by atoms with Gasteiger partial charge in [0.15, 0.2) is 0 Å². The summed E-state index contributed by atoms with van der Waals surface area (Å²) in [5.74, 6) is 0. The van der Waals surface area contributed by atoms with Crippen LogP contribution in [0, 0.1) is 0 Å². The van der Waals surface area contributed by atoms with Crippen molar-refractivity contribution in [3.8, 4) is 0 Å². The zero-order valence-electron chi connectivity index (χ0n) is 9.21. The summed E-state index contributed by atoms with van der Waals surface area (Å²) < 4.78 is 0. The zero-order valence-corrected chi connectivity index (χ0v) is 9.21. The lowest BCUT2D eigenvalue weighted by Gasteiger charge is -1.74. The van der Waals surface area contributed by atoms with Crippen molar-refractivity contribution in [3.05, 3.63) is 85.6 Å². The fourth-order valence-electron chi connectivity index (χ4n) is 0.767. The molecule has 0 aliphatic heterocycles. The van der Waals surface area contributed by atoms with Crippen molar-refractivity contribution < 1.29 is 0 Å². The molecule has 0 unspecified atom stereocenters. The van der Waals surface area contributed by atoms with Gasteiger partial charge in [0.2, 0.25) is 0 Å². The highest BCUT2D eigenvalue weighted by Crippen LogP contribution is 1.84. The van der Waals surface area contributed by atoms with Crippen molar-refractivity contribution in [3.63, 3.8) is 0 Å². The molecule has 0 fully saturated rings. The molecule has 0 radical (unpaired) electrons. The zero-order chi connectivity index (χ0) is 11.2. The molecule has 78 valence electrons. The van der Waals surface area contributed by atoms with Gasteiger partial charge < -0.3 is 0 Å². The fraction of sp³-hybridized carbons (Fsp3) is 0.0667. The molecule has 0 saturated carbocycles. The first-order valence-corrected chi connectivity index (χ1v) is 4.99. The highest BCUT2D eigenvalue weighted by molar-refractivity contribution is 5.19. The lowest BCUT2D eigenvalue weighted by atomic mass is 10.3. The summed E-state index contributed by atoms with van der Waals surface area (Å²) in [4.78, 5) is 0. The van der Waals surface area contributed by atoms with E-state index in [-0.39, 0.29) is 0 Å². The van der Waals surface area contributed by atoms with E-state index in [4.69, 9.17) is 0 Å². The first-order valence-electron chi connectivity index (χ1n) is 4.99. The van der Waals surface area contributed by atoms with Crippen molar-refractivity contribution in [2.75, 3.05) is 0 Å². The maximum atomic E-state index is 3.58. The normalized spacial score (nSPS) is 13.7. The smallest absolute Gasteiger partial charge is 0.0467 e. The third kappa shape index (κ3) is 12.2. The highest BCUT2D eigenvalue weighted by Gasteiger charge is 1.62. The predicted octanol–water partition coefficient (Wildman–Crippen LogP) is 4.53. The number of rotatable bonds is 6. The Balaban J connectivity index is 3.74. The van der Waals surface area contributed by atoms with Crippen molar-refractivity contribution in [2.24, 2.45) is 0 Å². The van der Waals surface area contributed by atoms with Crippen LogP contribution in [0.1, 0.15) is 6.92 Å². The molecule has 0 amide bonds. The quantitative estimate of drug-likeness (QED) is 0.550. The molecule has 15 heavy (non-hydrogen) atoms. The second kappa shape index (κ2) is 12.2. The van der Waals surface area contributed by atoms with Gasteiger partial charge in [-0.3, -0.25) is 0 Å². The van der Waals surface area contributed by atoms with Crippen LogP contribution in [0.15, 0.2) is 85.6 Å². The van der Waals surface area contributed by atoms with Crippen LogP contribution in [0.25, 0.3) is 0 Å². The minimum atomic E-state index is 1.75. The maximum absolute atomic E-state index is 3.58. The molecule has 0 N–H and O–H groups in total. The second-order valence-corrected chi connectivity index (χ2v) is 2.69. The van der Waals surface area contributed by atoms with Crippen LogP contribution in [-0.2, 0) is 0 Å². The Bertz CT molecular complexity index is 307. The van der Waals surface area contributed by atoms with Crippen molar-refractivity contribution in [1.29, 1.82) is 0 Å². The predicted molar refractivity (Wildman–Crippen MR) is 70.7 cm³/mol. The van der Waals surface area contributed by atoms with Gasteiger partial charge in [-0.05, 0) is 6.92 Å². The average Bonchev–Trinajstić information content (AvgIpc) is 2.26. The molecule has 0 bridgehead atoms. The molecule has 0 atom stereocenters. The summed E-state index contributed by atoms with van der Waals surface area (Å²) in [6.45, 7) is 5.58. The van der Waals surface area contributed by atoms with E-state index in [0.717, 1.165) is 0 Å². The monoisotopic (exact) mass is 198 g/mol. The topological polar surface area (TPSA) is 0 Å². The molecule has 0 nitrogen and oxygen atoms in total. The molecule has 0 heteroatoms. The Morgan fingerprint density at radius 3 is 1.20 bits per heavy atom. The third-order valence-electron chi connectivity index (χ3n) is 1.44. The van der Waals surface area contributed by atoms with Crippen LogP contribution in [0.4, 0.5) is 0 Å². The van der Waals surface area contributed by atoms with Crippen LogP contribution < -0.4 is 0 Å². The van der Waals surface area contributed by atoms with E-state index in [9.17, 15) is 0 Å². The number of allylic oxidation sites excluding steroid dienone is 13. The summed E-state index contributed by atoms with van der Waals surface area (Å²) >= 11 is 0. The lowest BCUT2D eigenvalue weighted by molar-refractivity contribution is 1.73. The standard InChI is InChI=1S/C15H18/c1-3-5-7-9-11-13-15-14-12-10-8-6-4-2/h3-15H,1H2,2H3/b6-4+,7-5+,10-8+,11-9+,14-12+,15-13+. The Morgan fingerprint density at radius 2 is 0.867 bits per heavy atom. The molecule has 0 saturated heterocycles. The summed E-state index contributed by atoms with van der Waals surface area (Å²) in [7, 11) is 0. The summed E-state index contributed by atoms with van der Waals surface area (Å²) in [6.07, 6.45) is 25.4. The average molecular weight is 198 g/mol. The molecule has 0 aromatic heterocycles. The third-order valence-corrected chi connectivity index (χ3v) is 1.44. The Morgan fingerprint density at radius 1 is 0.533 bits per heavy atom. The molecule has 0 aliphatic rings. The lowest BCUT2D eigenvalue weighted by Crippen LogP contribution is -1.52. The van der Waals surface area contributed by atoms with Crippen LogP contribution >= 0.6 is 0 Å². The van der Waals surface area contributed by atoms with E-state index in [1.54, 1.807) is 6.08 Å². The minimum Gasteiger partial charge on any atom is -0.0991 e. The maximum Gasteiger partial charge on any atom is -0.0467 e. The summed E-state index contributed by atoms with van der Waals surface area (Å²) in [5.41, 5.74) is 0. The molecular formula is C15H18. The van der Waals surface area contributed by atoms with Gasteiger partial charge in [-0.2, -0.15) is 0 Å². The summed E-state index contributed by atoms with van der Waals surface area (Å²) in [6, 6.07) is 0. The van der Waals surface area contributed by atoms with Crippen LogP contribution in [0.3, 0.4) is 0 Å². The van der Waals surface area contributed by atoms with E-state index < -0.39 is 0 Å². The number of hydrogen-bond acceptors (Lipinski definition) is 0. The molecule has 0 rings (SSSR count). The molecule has 0 aromatic carbocycles. The molecular weight excluding hydrogens is 180 g/mol. The number of hydrogen-bond donors (Lipinski definition) is 0. The van der Waals surface area contributed by atoms with Crippen LogP contribution in [0.2, 0.25) is 0 Å². The van der Waals surface area contributed by atoms with E-state index in [0.29, 0.717) is 0 Å². The van der Waals surface area contributed by atoms with Gasteiger partial charge in [0.05, 0.1) is 0 Å². The van der Waals surface area contributed by atoms with Gasteiger partial charge in [-0.25, -0.2) is 0 Å². The van der Waals surface area contributed by atoms with Crippen molar-refractivity contribution in [2.45, 2.75) is 6.92 Å². The van der Waals surface area contributed by atoms with Crippen molar-refractivity contribution in [1.82, 2.24) is 0 Å². The van der Waals surface area contributed by atoms with E-state index in [2.05, 4.69) is 6.58 Å². The molecule has 0 aliphatic carbocycles. The Labute approximate surface area is 93.0 Å². The minimum absolute atomic E-state index is 1.75. The van der Waals surface area contributed by atoms with Gasteiger partial charge in [-0.15, -0.1) is 0 Å². The first kappa shape index (κ1) is 13.2. The SMILES string of the molecule is C=C/C=C/C=C/C=C/C=C/C=C/C=C/C. The summed E-state index contributed by atoms with van der Waals surface area (Å²) in [5, 5.41) is 0.